The zero-order valence-corrected chi connectivity index (χ0v) is 14.6. The van der Waals surface area contributed by atoms with Crippen molar-refractivity contribution in [3.05, 3.63) is 59.7 Å². The summed E-state index contributed by atoms with van der Waals surface area (Å²) in [7, 11) is 0. The number of hydrogen-bond donors (Lipinski definition) is 2. The fourth-order valence-electron chi connectivity index (χ4n) is 2.39. The maximum Gasteiger partial charge on any atom is 0.244 e. The topological polar surface area (TPSA) is 67.8 Å². The summed E-state index contributed by atoms with van der Waals surface area (Å²) >= 11 is 1.64. The first-order valence-electron chi connectivity index (χ1n) is 7.83. The molecule has 3 rings (SSSR count). The number of benzene rings is 2. The van der Waals surface area contributed by atoms with Gasteiger partial charge in [-0.05, 0) is 47.7 Å². The Balaban J connectivity index is 1.51. The predicted octanol–water partition coefficient (Wildman–Crippen LogP) is 3.00. The number of rotatable bonds is 6. The Labute approximate surface area is 150 Å². The highest BCUT2D eigenvalue weighted by Crippen LogP contribution is 2.32. The first-order valence-corrected chi connectivity index (χ1v) is 9.06. The van der Waals surface area contributed by atoms with E-state index in [9.17, 15) is 9.90 Å². The van der Waals surface area contributed by atoms with Crippen molar-refractivity contribution in [1.29, 1.82) is 0 Å². The van der Waals surface area contributed by atoms with Gasteiger partial charge >= 0.3 is 0 Å². The summed E-state index contributed by atoms with van der Waals surface area (Å²) in [6.07, 6.45) is 4.38. The van der Waals surface area contributed by atoms with E-state index in [2.05, 4.69) is 5.32 Å². The first kappa shape index (κ1) is 17.4. The number of carbonyl (C=O) groups excluding carboxylic acids is 1. The number of thioether (sulfide) groups is 1. The van der Waals surface area contributed by atoms with Crippen LogP contribution >= 0.6 is 11.8 Å². The molecule has 0 fully saturated rings. The van der Waals surface area contributed by atoms with Gasteiger partial charge in [0, 0.05) is 17.5 Å². The zero-order chi connectivity index (χ0) is 17.6. The summed E-state index contributed by atoms with van der Waals surface area (Å²) in [5, 5.41) is 12.8. The van der Waals surface area contributed by atoms with Crippen LogP contribution in [0.5, 0.6) is 11.5 Å². The summed E-state index contributed by atoms with van der Waals surface area (Å²) in [4.78, 5) is 13.0. The molecule has 0 bridgehead atoms. The third-order valence-corrected chi connectivity index (χ3v) is 4.54. The molecule has 1 heterocycles. The van der Waals surface area contributed by atoms with E-state index < -0.39 is 6.10 Å². The number of hydrogen-bond acceptors (Lipinski definition) is 5. The van der Waals surface area contributed by atoms with Crippen molar-refractivity contribution in [2.45, 2.75) is 11.0 Å². The summed E-state index contributed by atoms with van der Waals surface area (Å²) in [6, 6.07) is 13.1. The second-order valence-corrected chi connectivity index (χ2v) is 6.36. The van der Waals surface area contributed by atoms with Crippen LogP contribution in [-0.4, -0.2) is 30.6 Å². The Morgan fingerprint density at radius 1 is 1.24 bits per heavy atom. The van der Waals surface area contributed by atoms with Gasteiger partial charge in [0.2, 0.25) is 12.7 Å². The van der Waals surface area contributed by atoms with Gasteiger partial charge in [-0.2, -0.15) is 0 Å². The highest BCUT2D eigenvalue weighted by atomic mass is 32.2. The number of nitrogens with one attached hydrogen (secondary N) is 1. The van der Waals surface area contributed by atoms with Crippen LogP contribution in [0.15, 0.2) is 53.4 Å². The fraction of sp³-hybridized carbons (Fsp3) is 0.211. The van der Waals surface area contributed by atoms with E-state index in [0.29, 0.717) is 11.5 Å². The normalized spacial score (nSPS) is 13.8. The highest BCUT2D eigenvalue weighted by Gasteiger charge is 2.12. The highest BCUT2D eigenvalue weighted by molar-refractivity contribution is 7.98. The summed E-state index contributed by atoms with van der Waals surface area (Å²) < 4.78 is 10.5. The number of aliphatic hydroxyl groups excluding tert-OH is 1. The second kappa shape index (κ2) is 8.09. The largest absolute Gasteiger partial charge is 0.454 e. The molecular weight excluding hydrogens is 338 g/mol. The molecule has 6 heteroatoms. The molecule has 0 saturated carbocycles. The number of amides is 1. The van der Waals surface area contributed by atoms with E-state index in [1.165, 1.54) is 6.08 Å². The van der Waals surface area contributed by atoms with E-state index >= 15 is 0 Å². The third-order valence-electron chi connectivity index (χ3n) is 3.79. The molecule has 1 amide bonds. The molecule has 0 aromatic heterocycles. The Bertz CT molecular complexity index is 773. The molecule has 130 valence electrons. The molecule has 0 radical (unpaired) electrons. The monoisotopic (exact) mass is 357 g/mol. The van der Waals surface area contributed by atoms with Crippen LogP contribution in [0.1, 0.15) is 17.2 Å². The summed E-state index contributed by atoms with van der Waals surface area (Å²) in [5.74, 6) is 1.11. The second-order valence-electron chi connectivity index (χ2n) is 5.48. The average molecular weight is 357 g/mol. The maximum atomic E-state index is 11.9. The quantitative estimate of drug-likeness (QED) is 0.614. The molecule has 1 atom stereocenters. The van der Waals surface area contributed by atoms with Crippen molar-refractivity contribution in [1.82, 2.24) is 5.32 Å². The molecule has 0 aliphatic carbocycles. The smallest absolute Gasteiger partial charge is 0.244 e. The SMILES string of the molecule is CSc1ccc(C(O)CNC(=O)/C=C/c2ccc3c(c2)OCO3)cc1. The maximum absolute atomic E-state index is 11.9. The third kappa shape index (κ3) is 4.55. The van der Waals surface area contributed by atoms with Gasteiger partial charge in [0.05, 0.1) is 6.10 Å². The lowest BCUT2D eigenvalue weighted by atomic mass is 10.1. The van der Waals surface area contributed by atoms with Crippen LogP contribution < -0.4 is 14.8 Å². The Morgan fingerprint density at radius 2 is 2.00 bits per heavy atom. The van der Waals surface area contributed by atoms with Crippen molar-refractivity contribution >= 4 is 23.7 Å². The molecule has 2 aromatic rings. The summed E-state index contributed by atoms with van der Waals surface area (Å²) in [6.45, 7) is 0.377. The Morgan fingerprint density at radius 3 is 2.76 bits per heavy atom. The van der Waals surface area contributed by atoms with E-state index in [0.717, 1.165) is 16.0 Å². The molecule has 2 aromatic carbocycles. The minimum atomic E-state index is -0.737. The van der Waals surface area contributed by atoms with Gasteiger partial charge < -0.3 is 19.9 Å². The zero-order valence-electron chi connectivity index (χ0n) is 13.8. The van der Waals surface area contributed by atoms with Crippen LogP contribution in [0.2, 0.25) is 0 Å². The molecular formula is C19H19NO4S. The molecule has 2 N–H and O–H groups in total. The van der Waals surface area contributed by atoms with E-state index in [-0.39, 0.29) is 19.2 Å². The molecule has 0 saturated heterocycles. The van der Waals surface area contributed by atoms with Gasteiger partial charge in [0.25, 0.3) is 0 Å². The van der Waals surface area contributed by atoms with Gasteiger partial charge in [-0.1, -0.05) is 18.2 Å². The lowest BCUT2D eigenvalue weighted by Crippen LogP contribution is -2.26. The molecule has 1 unspecified atom stereocenters. The molecule has 5 nitrogen and oxygen atoms in total. The van der Waals surface area contributed by atoms with Crippen LogP contribution in [0, 0.1) is 0 Å². The minimum Gasteiger partial charge on any atom is -0.454 e. The van der Waals surface area contributed by atoms with Crippen LogP contribution in [0.3, 0.4) is 0 Å². The van der Waals surface area contributed by atoms with Crippen molar-refractivity contribution in [3.63, 3.8) is 0 Å². The van der Waals surface area contributed by atoms with Crippen molar-refractivity contribution in [2.24, 2.45) is 0 Å². The Hall–Kier alpha value is -2.44. The minimum absolute atomic E-state index is 0.156. The van der Waals surface area contributed by atoms with Gasteiger partial charge in [-0.3, -0.25) is 4.79 Å². The molecule has 0 spiro atoms. The van der Waals surface area contributed by atoms with Crippen molar-refractivity contribution in [3.8, 4) is 11.5 Å². The van der Waals surface area contributed by atoms with Crippen LogP contribution in [0.4, 0.5) is 0 Å². The van der Waals surface area contributed by atoms with E-state index in [1.807, 2.05) is 48.7 Å². The number of aliphatic hydroxyl groups is 1. The van der Waals surface area contributed by atoms with Gasteiger partial charge in [0.15, 0.2) is 11.5 Å². The van der Waals surface area contributed by atoms with Crippen LogP contribution in [-0.2, 0) is 4.79 Å². The van der Waals surface area contributed by atoms with Gasteiger partial charge in [0.1, 0.15) is 0 Å². The van der Waals surface area contributed by atoms with Gasteiger partial charge in [-0.25, -0.2) is 0 Å². The van der Waals surface area contributed by atoms with Gasteiger partial charge in [-0.15, -0.1) is 11.8 Å². The number of fused-ring (bicyclic) bond motifs is 1. The Kier molecular flexibility index (Phi) is 5.63. The van der Waals surface area contributed by atoms with Crippen molar-refractivity contribution in [2.75, 3.05) is 19.6 Å². The fourth-order valence-corrected chi connectivity index (χ4v) is 2.80. The van der Waals surface area contributed by atoms with E-state index in [1.54, 1.807) is 17.8 Å². The average Bonchev–Trinajstić information content (AvgIpc) is 3.12. The number of ether oxygens (including phenoxy) is 2. The van der Waals surface area contributed by atoms with Crippen molar-refractivity contribution < 1.29 is 19.4 Å². The lowest BCUT2D eigenvalue weighted by molar-refractivity contribution is -0.116. The molecule has 25 heavy (non-hydrogen) atoms. The first-order chi connectivity index (χ1) is 12.2. The molecule has 1 aliphatic heterocycles. The van der Waals surface area contributed by atoms with Crippen LogP contribution in [0.25, 0.3) is 6.08 Å². The van der Waals surface area contributed by atoms with E-state index in [4.69, 9.17) is 9.47 Å². The lowest BCUT2D eigenvalue weighted by Gasteiger charge is -2.11. The summed E-state index contributed by atoms with van der Waals surface area (Å²) in [5.41, 5.74) is 1.62. The number of carbonyl (C=O) groups is 1. The molecule has 1 aliphatic rings. The predicted molar refractivity (Wildman–Crippen MR) is 97.8 cm³/mol. The standard InChI is InChI=1S/C19H19NO4S/c1-25-15-6-4-14(5-7-15)16(21)11-20-19(22)9-3-13-2-8-17-18(10-13)24-12-23-17/h2-10,16,21H,11-12H2,1H3,(H,20,22)/b9-3+.